The lowest BCUT2D eigenvalue weighted by molar-refractivity contribution is 0.310. The Labute approximate surface area is 119 Å². The van der Waals surface area contributed by atoms with E-state index in [1.54, 1.807) is 0 Å². The van der Waals surface area contributed by atoms with Crippen molar-refractivity contribution >= 4 is 15.7 Å². The number of nitrogen functional groups attached to an aromatic ring is 1. The van der Waals surface area contributed by atoms with Crippen LogP contribution in [0.3, 0.4) is 0 Å². The van der Waals surface area contributed by atoms with Crippen LogP contribution in [0.1, 0.15) is 18.4 Å². The summed E-state index contributed by atoms with van der Waals surface area (Å²) >= 11 is 0. The smallest absolute Gasteiger partial charge is 0.243 e. The molecule has 0 spiro atoms. The van der Waals surface area contributed by atoms with Crippen molar-refractivity contribution in [3.05, 3.63) is 23.5 Å². The molecule has 112 valence electrons. The average Bonchev–Trinajstić information content (AvgIpc) is 2.77. The number of benzene rings is 1. The van der Waals surface area contributed by atoms with E-state index in [0.717, 1.165) is 25.5 Å². The minimum Gasteiger partial charge on any atom is -0.399 e. The molecule has 0 aromatic heterocycles. The van der Waals surface area contributed by atoms with Gasteiger partial charge in [0.2, 0.25) is 10.0 Å². The van der Waals surface area contributed by atoms with Crippen LogP contribution in [0.2, 0.25) is 0 Å². The first-order valence-corrected chi connectivity index (χ1v) is 8.05. The Bertz CT molecular complexity index is 604. The fraction of sp³-hybridized carbons (Fsp3) is 0.538. The summed E-state index contributed by atoms with van der Waals surface area (Å²) in [6.45, 7) is 2.74. The van der Waals surface area contributed by atoms with E-state index in [1.165, 1.54) is 13.0 Å². The topological polar surface area (TPSA) is 75.4 Å². The molecule has 1 fully saturated rings. The van der Waals surface area contributed by atoms with Gasteiger partial charge in [0.1, 0.15) is 10.7 Å². The lowest BCUT2D eigenvalue weighted by Gasteiger charge is -2.20. The molecule has 1 aromatic rings. The van der Waals surface area contributed by atoms with Gasteiger partial charge in [-0.15, -0.1) is 0 Å². The number of halogens is 1. The molecular formula is C13H20FN3O2S. The molecule has 0 radical (unpaired) electrons. The Hall–Kier alpha value is -1.18. The Morgan fingerprint density at radius 1 is 1.50 bits per heavy atom. The molecule has 1 aliphatic heterocycles. The van der Waals surface area contributed by atoms with Crippen LogP contribution < -0.4 is 10.5 Å². The van der Waals surface area contributed by atoms with Crippen LogP contribution in [-0.4, -0.2) is 39.5 Å². The summed E-state index contributed by atoms with van der Waals surface area (Å²) in [4.78, 5) is 1.72. The normalized spacial score (nSPS) is 20.4. The molecule has 1 saturated heterocycles. The van der Waals surface area contributed by atoms with Gasteiger partial charge in [0.05, 0.1) is 0 Å². The number of sulfonamides is 1. The molecule has 0 saturated carbocycles. The van der Waals surface area contributed by atoms with E-state index in [-0.39, 0.29) is 28.7 Å². The van der Waals surface area contributed by atoms with Gasteiger partial charge in [-0.05, 0) is 51.1 Å². The summed E-state index contributed by atoms with van der Waals surface area (Å²) in [7, 11) is -1.92. The van der Waals surface area contributed by atoms with E-state index in [2.05, 4.69) is 9.62 Å². The monoisotopic (exact) mass is 301 g/mol. The summed E-state index contributed by atoms with van der Waals surface area (Å²) in [5.74, 6) is -0.744. The van der Waals surface area contributed by atoms with Crippen molar-refractivity contribution in [2.75, 3.05) is 25.9 Å². The van der Waals surface area contributed by atoms with E-state index in [4.69, 9.17) is 5.73 Å². The zero-order chi connectivity index (χ0) is 14.9. The van der Waals surface area contributed by atoms with E-state index in [9.17, 15) is 12.8 Å². The number of aryl methyl sites for hydroxylation is 1. The summed E-state index contributed by atoms with van der Waals surface area (Å²) in [6.07, 6.45) is 1.99. The highest BCUT2D eigenvalue weighted by Gasteiger charge is 2.25. The molecule has 7 heteroatoms. The zero-order valence-electron chi connectivity index (χ0n) is 11.7. The molecule has 1 aromatic carbocycles. The number of likely N-dealkylation sites (N-methyl/N-ethyl adjacent to an activating group) is 1. The number of nitrogens with one attached hydrogen (secondary N) is 1. The number of rotatable bonds is 4. The van der Waals surface area contributed by atoms with Gasteiger partial charge in [-0.3, -0.25) is 0 Å². The van der Waals surface area contributed by atoms with E-state index in [0.29, 0.717) is 0 Å². The van der Waals surface area contributed by atoms with Crippen molar-refractivity contribution in [3.63, 3.8) is 0 Å². The molecule has 1 unspecified atom stereocenters. The van der Waals surface area contributed by atoms with E-state index in [1.807, 2.05) is 7.05 Å². The molecule has 1 aliphatic rings. The van der Waals surface area contributed by atoms with Crippen molar-refractivity contribution < 1.29 is 12.8 Å². The van der Waals surface area contributed by atoms with Crippen LogP contribution in [-0.2, 0) is 10.0 Å². The summed E-state index contributed by atoms with van der Waals surface area (Å²) < 4.78 is 40.8. The molecule has 0 amide bonds. The Morgan fingerprint density at radius 2 is 2.20 bits per heavy atom. The van der Waals surface area contributed by atoms with Crippen molar-refractivity contribution in [3.8, 4) is 0 Å². The van der Waals surface area contributed by atoms with Crippen molar-refractivity contribution in [2.45, 2.75) is 30.7 Å². The number of likely N-dealkylation sites (tertiary alicyclic amines) is 1. The number of hydrogen-bond donors (Lipinski definition) is 2. The first-order valence-electron chi connectivity index (χ1n) is 6.57. The van der Waals surface area contributed by atoms with Gasteiger partial charge in [-0.25, -0.2) is 17.5 Å². The van der Waals surface area contributed by atoms with Crippen molar-refractivity contribution in [1.29, 1.82) is 0 Å². The Balaban J connectivity index is 2.18. The number of nitrogens with two attached hydrogens (primary N) is 1. The maximum absolute atomic E-state index is 14.0. The lowest BCUT2D eigenvalue weighted by Crippen LogP contribution is -2.38. The predicted octanol–water partition coefficient (Wildman–Crippen LogP) is 1.09. The Kier molecular flexibility index (Phi) is 4.31. The van der Waals surface area contributed by atoms with Crippen LogP contribution in [0.25, 0.3) is 0 Å². The third-order valence-electron chi connectivity index (χ3n) is 3.71. The van der Waals surface area contributed by atoms with Crippen LogP contribution in [0.4, 0.5) is 10.1 Å². The highest BCUT2D eigenvalue weighted by atomic mass is 32.2. The first-order chi connectivity index (χ1) is 9.31. The maximum atomic E-state index is 14.0. The summed E-state index contributed by atoms with van der Waals surface area (Å²) in [5, 5.41) is 0. The highest BCUT2D eigenvalue weighted by Crippen LogP contribution is 2.22. The Morgan fingerprint density at radius 3 is 2.80 bits per heavy atom. The molecule has 1 heterocycles. The summed E-state index contributed by atoms with van der Waals surface area (Å²) in [5.41, 5.74) is 6.06. The van der Waals surface area contributed by atoms with Gasteiger partial charge in [0.25, 0.3) is 0 Å². The number of nitrogens with zero attached hydrogens (tertiary/aromatic N) is 1. The van der Waals surface area contributed by atoms with Gasteiger partial charge in [0, 0.05) is 18.3 Å². The van der Waals surface area contributed by atoms with Crippen molar-refractivity contribution in [2.24, 2.45) is 0 Å². The van der Waals surface area contributed by atoms with Crippen LogP contribution in [0.15, 0.2) is 17.0 Å². The molecular weight excluding hydrogens is 281 g/mol. The standard InChI is InChI=1S/C13H20FN3O2S/c1-9-6-10(15)7-12(13(9)14)20(18,19)16-8-11-4-3-5-17(11)2/h6-7,11,16H,3-5,8,15H2,1-2H3. The number of hydrogen-bond acceptors (Lipinski definition) is 4. The minimum absolute atomic E-state index is 0.162. The molecule has 2 rings (SSSR count). The number of anilines is 1. The quantitative estimate of drug-likeness (QED) is 0.816. The predicted molar refractivity (Wildman–Crippen MR) is 76.4 cm³/mol. The van der Waals surface area contributed by atoms with Crippen LogP contribution in [0.5, 0.6) is 0 Å². The molecule has 0 aliphatic carbocycles. The SMILES string of the molecule is Cc1cc(N)cc(S(=O)(=O)NCC2CCCN2C)c1F. The second kappa shape index (κ2) is 5.67. The average molecular weight is 301 g/mol. The van der Waals surface area contributed by atoms with Gasteiger partial charge in [0.15, 0.2) is 0 Å². The van der Waals surface area contributed by atoms with E-state index < -0.39 is 15.8 Å². The maximum Gasteiger partial charge on any atom is 0.243 e. The lowest BCUT2D eigenvalue weighted by atomic mass is 10.2. The first kappa shape index (κ1) is 15.2. The molecule has 20 heavy (non-hydrogen) atoms. The summed E-state index contributed by atoms with van der Waals surface area (Å²) in [6, 6.07) is 2.73. The van der Waals surface area contributed by atoms with Gasteiger partial charge < -0.3 is 10.6 Å². The molecule has 3 N–H and O–H groups in total. The highest BCUT2D eigenvalue weighted by molar-refractivity contribution is 7.89. The molecule has 0 bridgehead atoms. The fourth-order valence-corrected chi connectivity index (χ4v) is 3.74. The third kappa shape index (κ3) is 3.11. The van der Waals surface area contributed by atoms with Gasteiger partial charge in [-0.2, -0.15) is 0 Å². The van der Waals surface area contributed by atoms with Gasteiger partial charge in [-0.1, -0.05) is 0 Å². The second-order valence-electron chi connectivity index (χ2n) is 5.28. The van der Waals surface area contributed by atoms with Crippen LogP contribution >= 0.6 is 0 Å². The largest absolute Gasteiger partial charge is 0.399 e. The fourth-order valence-electron chi connectivity index (χ4n) is 2.48. The minimum atomic E-state index is -3.88. The van der Waals surface area contributed by atoms with E-state index >= 15 is 0 Å². The molecule has 5 nitrogen and oxygen atoms in total. The van der Waals surface area contributed by atoms with Crippen LogP contribution in [0, 0.1) is 12.7 Å². The van der Waals surface area contributed by atoms with Crippen molar-refractivity contribution in [1.82, 2.24) is 9.62 Å². The van der Waals surface area contributed by atoms with Gasteiger partial charge >= 0.3 is 0 Å². The third-order valence-corrected chi connectivity index (χ3v) is 5.14. The zero-order valence-corrected chi connectivity index (χ0v) is 12.5. The molecule has 1 atom stereocenters. The second-order valence-corrected chi connectivity index (χ2v) is 7.01.